The molecule has 1 aromatic carbocycles. The summed E-state index contributed by atoms with van der Waals surface area (Å²) in [5.74, 6) is 1.30. The smallest absolute Gasteiger partial charge is 0.161 e. The van der Waals surface area contributed by atoms with E-state index >= 15 is 0 Å². The van der Waals surface area contributed by atoms with Gasteiger partial charge in [0.1, 0.15) is 13.2 Å². The molecule has 1 aromatic rings. The lowest BCUT2D eigenvalue weighted by molar-refractivity contribution is 0.171. The highest BCUT2D eigenvalue weighted by molar-refractivity contribution is 5.44. The Kier molecular flexibility index (Phi) is 3.50. The average Bonchev–Trinajstić information content (AvgIpc) is 2.39. The summed E-state index contributed by atoms with van der Waals surface area (Å²) in [7, 11) is 0. The molecule has 0 amide bonds. The van der Waals surface area contributed by atoms with E-state index in [9.17, 15) is 0 Å². The van der Waals surface area contributed by atoms with Crippen LogP contribution in [0.3, 0.4) is 0 Å². The van der Waals surface area contributed by atoms with E-state index in [0.29, 0.717) is 13.2 Å². The SMILES string of the molecule is CCC(C#N)C(N)c1ccc2c(c1)OCCO2. The first-order valence-corrected chi connectivity index (χ1v) is 5.81. The summed E-state index contributed by atoms with van der Waals surface area (Å²) in [5.41, 5.74) is 6.99. The number of benzene rings is 1. The van der Waals surface area contributed by atoms with Gasteiger partial charge in [0.25, 0.3) is 0 Å². The van der Waals surface area contributed by atoms with Gasteiger partial charge >= 0.3 is 0 Å². The maximum Gasteiger partial charge on any atom is 0.161 e. The van der Waals surface area contributed by atoms with E-state index in [4.69, 9.17) is 20.5 Å². The summed E-state index contributed by atoms with van der Waals surface area (Å²) in [6.07, 6.45) is 0.742. The van der Waals surface area contributed by atoms with Gasteiger partial charge in [0.15, 0.2) is 11.5 Å². The van der Waals surface area contributed by atoms with Crippen LogP contribution in [0.15, 0.2) is 18.2 Å². The molecule has 0 aromatic heterocycles. The van der Waals surface area contributed by atoms with Crippen molar-refractivity contribution in [2.75, 3.05) is 13.2 Å². The van der Waals surface area contributed by atoms with Gasteiger partial charge in [-0.1, -0.05) is 13.0 Å². The summed E-state index contributed by atoms with van der Waals surface area (Å²) in [5, 5.41) is 9.01. The first-order chi connectivity index (χ1) is 8.26. The van der Waals surface area contributed by atoms with Crippen LogP contribution in [0.25, 0.3) is 0 Å². The molecule has 0 spiro atoms. The van der Waals surface area contributed by atoms with E-state index in [0.717, 1.165) is 23.5 Å². The number of nitrogens with zero attached hydrogens (tertiary/aromatic N) is 1. The Hall–Kier alpha value is -1.73. The summed E-state index contributed by atoms with van der Waals surface area (Å²) in [4.78, 5) is 0. The van der Waals surface area contributed by atoms with Gasteiger partial charge in [0.2, 0.25) is 0 Å². The molecule has 1 heterocycles. The zero-order chi connectivity index (χ0) is 12.3. The number of rotatable bonds is 3. The van der Waals surface area contributed by atoms with Crippen molar-refractivity contribution in [2.24, 2.45) is 11.7 Å². The van der Waals surface area contributed by atoms with E-state index in [-0.39, 0.29) is 12.0 Å². The van der Waals surface area contributed by atoms with E-state index in [1.165, 1.54) is 0 Å². The van der Waals surface area contributed by atoms with Crippen molar-refractivity contribution >= 4 is 0 Å². The monoisotopic (exact) mass is 232 g/mol. The molecule has 0 fully saturated rings. The number of hydrogen-bond acceptors (Lipinski definition) is 4. The molecular formula is C13H16N2O2. The molecule has 2 N–H and O–H groups in total. The molecule has 17 heavy (non-hydrogen) atoms. The second-order valence-corrected chi connectivity index (χ2v) is 4.07. The maximum absolute atomic E-state index is 9.01. The van der Waals surface area contributed by atoms with Gasteiger partial charge in [-0.25, -0.2) is 0 Å². The van der Waals surface area contributed by atoms with Gasteiger partial charge in [-0.05, 0) is 24.1 Å². The average molecular weight is 232 g/mol. The van der Waals surface area contributed by atoms with Gasteiger partial charge < -0.3 is 15.2 Å². The minimum Gasteiger partial charge on any atom is -0.486 e. The second-order valence-electron chi connectivity index (χ2n) is 4.07. The summed E-state index contributed by atoms with van der Waals surface area (Å²) in [6.45, 7) is 3.10. The van der Waals surface area contributed by atoms with Gasteiger partial charge in [0, 0.05) is 6.04 Å². The quantitative estimate of drug-likeness (QED) is 0.865. The highest BCUT2D eigenvalue weighted by Crippen LogP contribution is 2.34. The molecule has 0 saturated carbocycles. The Balaban J connectivity index is 2.25. The highest BCUT2D eigenvalue weighted by Gasteiger charge is 2.20. The lowest BCUT2D eigenvalue weighted by Crippen LogP contribution is -2.21. The fourth-order valence-corrected chi connectivity index (χ4v) is 1.93. The van der Waals surface area contributed by atoms with E-state index in [2.05, 4.69) is 6.07 Å². The number of nitrogens with two attached hydrogens (primary N) is 1. The Bertz CT molecular complexity index is 440. The van der Waals surface area contributed by atoms with Crippen LogP contribution in [-0.2, 0) is 0 Å². The lowest BCUT2D eigenvalue weighted by Gasteiger charge is -2.22. The van der Waals surface area contributed by atoms with Gasteiger partial charge in [0.05, 0.1) is 12.0 Å². The topological polar surface area (TPSA) is 68.3 Å². The Morgan fingerprint density at radius 2 is 2.06 bits per heavy atom. The first-order valence-electron chi connectivity index (χ1n) is 5.81. The summed E-state index contributed by atoms with van der Waals surface area (Å²) >= 11 is 0. The summed E-state index contributed by atoms with van der Waals surface area (Å²) < 4.78 is 10.9. The van der Waals surface area contributed by atoms with E-state index < -0.39 is 0 Å². The van der Waals surface area contributed by atoms with Crippen LogP contribution >= 0.6 is 0 Å². The second kappa shape index (κ2) is 5.07. The Morgan fingerprint density at radius 1 is 1.35 bits per heavy atom. The van der Waals surface area contributed by atoms with E-state index in [1.54, 1.807) is 0 Å². The van der Waals surface area contributed by atoms with E-state index in [1.807, 2.05) is 25.1 Å². The Labute approximate surface area is 101 Å². The van der Waals surface area contributed by atoms with Crippen molar-refractivity contribution in [3.05, 3.63) is 23.8 Å². The van der Waals surface area contributed by atoms with Gasteiger partial charge in [-0.3, -0.25) is 0 Å². The molecule has 2 atom stereocenters. The maximum atomic E-state index is 9.01. The molecule has 1 aliphatic heterocycles. The summed E-state index contributed by atoms with van der Waals surface area (Å²) in [6, 6.07) is 7.59. The molecule has 0 saturated heterocycles. The van der Waals surface area contributed by atoms with Crippen LogP contribution < -0.4 is 15.2 Å². The van der Waals surface area contributed by atoms with Crippen molar-refractivity contribution in [2.45, 2.75) is 19.4 Å². The standard InChI is InChI=1S/C13H16N2O2/c1-2-9(8-14)13(15)10-3-4-11-12(7-10)17-6-5-16-11/h3-4,7,9,13H,2,5-6,15H2,1H3. The first kappa shape index (κ1) is 11.7. The van der Waals surface area contributed by atoms with Crippen LogP contribution in [0.1, 0.15) is 24.9 Å². The molecule has 2 unspecified atom stereocenters. The van der Waals surface area contributed by atoms with Crippen molar-refractivity contribution in [3.63, 3.8) is 0 Å². The minimum absolute atomic E-state index is 0.169. The zero-order valence-electron chi connectivity index (χ0n) is 9.85. The molecule has 0 radical (unpaired) electrons. The van der Waals surface area contributed by atoms with Crippen molar-refractivity contribution in [1.82, 2.24) is 0 Å². The van der Waals surface area contributed by atoms with Gasteiger partial charge in [-0.15, -0.1) is 0 Å². The molecule has 0 aliphatic carbocycles. The largest absolute Gasteiger partial charge is 0.486 e. The number of ether oxygens (including phenoxy) is 2. The normalized spacial score (nSPS) is 17.0. The van der Waals surface area contributed by atoms with Crippen LogP contribution in [0.4, 0.5) is 0 Å². The Morgan fingerprint density at radius 3 is 2.71 bits per heavy atom. The predicted octanol–water partition coefficient (Wildman–Crippen LogP) is 2.01. The van der Waals surface area contributed by atoms with Crippen LogP contribution in [0.2, 0.25) is 0 Å². The fraction of sp³-hybridized carbons (Fsp3) is 0.462. The lowest BCUT2D eigenvalue weighted by atomic mass is 9.92. The fourth-order valence-electron chi connectivity index (χ4n) is 1.93. The molecule has 0 bridgehead atoms. The van der Waals surface area contributed by atoms with Crippen molar-refractivity contribution in [3.8, 4) is 17.6 Å². The van der Waals surface area contributed by atoms with Crippen molar-refractivity contribution in [1.29, 1.82) is 5.26 Å². The number of hydrogen-bond donors (Lipinski definition) is 1. The molecule has 2 rings (SSSR count). The third-order valence-electron chi connectivity index (χ3n) is 2.99. The predicted molar refractivity (Wildman–Crippen MR) is 63.8 cm³/mol. The molecule has 4 nitrogen and oxygen atoms in total. The minimum atomic E-state index is -0.277. The van der Waals surface area contributed by atoms with Crippen molar-refractivity contribution < 1.29 is 9.47 Å². The molecular weight excluding hydrogens is 216 g/mol. The zero-order valence-corrected chi connectivity index (χ0v) is 9.85. The van der Waals surface area contributed by atoms with Crippen LogP contribution in [0, 0.1) is 17.2 Å². The third-order valence-corrected chi connectivity index (χ3v) is 2.99. The third kappa shape index (κ3) is 2.34. The van der Waals surface area contributed by atoms with Gasteiger partial charge in [-0.2, -0.15) is 5.26 Å². The highest BCUT2D eigenvalue weighted by atomic mass is 16.6. The van der Waals surface area contributed by atoms with Crippen LogP contribution in [-0.4, -0.2) is 13.2 Å². The number of nitriles is 1. The molecule has 90 valence electrons. The number of fused-ring (bicyclic) bond motifs is 1. The van der Waals surface area contributed by atoms with Crippen LogP contribution in [0.5, 0.6) is 11.5 Å². The molecule has 4 heteroatoms. The molecule has 1 aliphatic rings.